The molecule has 0 heterocycles. The van der Waals surface area contributed by atoms with Gasteiger partial charge >= 0.3 is 0 Å². The van der Waals surface area contributed by atoms with Crippen LogP contribution in [0.5, 0.6) is 0 Å². The predicted molar refractivity (Wildman–Crippen MR) is 45.7 cm³/mol. The van der Waals surface area contributed by atoms with Gasteiger partial charge in [0.15, 0.2) is 0 Å². The molecule has 0 radical (unpaired) electrons. The molecule has 0 saturated heterocycles. The van der Waals surface area contributed by atoms with Crippen LogP contribution in [0.1, 0.15) is 47.0 Å². The van der Waals surface area contributed by atoms with Crippen molar-refractivity contribution in [2.75, 3.05) is 0 Å². The number of unbranched alkanes of at least 4 members (excludes halogenated alkanes) is 2. The molecule has 9 heavy (non-hydrogen) atoms. The lowest BCUT2D eigenvalue weighted by Crippen LogP contribution is -1.59. The fourth-order valence-corrected chi connectivity index (χ4v) is 0.354. The Morgan fingerprint density at radius 3 is 1.22 bits per heavy atom. The molecule has 0 aromatic heterocycles. The molecule has 0 atom stereocenters. The highest BCUT2D eigenvalue weighted by Gasteiger charge is 1.68. The van der Waals surface area contributed by atoms with Crippen molar-refractivity contribution in [3.63, 3.8) is 0 Å². The van der Waals surface area contributed by atoms with E-state index in [2.05, 4.69) is 13.8 Å². The molecule has 0 amide bonds. The van der Waals surface area contributed by atoms with E-state index in [0.717, 1.165) is 0 Å². The van der Waals surface area contributed by atoms with Crippen LogP contribution in [0.4, 0.5) is 0 Å². The van der Waals surface area contributed by atoms with Crippen molar-refractivity contribution in [3.05, 3.63) is 12.2 Å². The van der Waals surface area contributed by atoms with Crippen molar-refractivity contribution < 1.29 is 0 Å². The van der Waals surface area contributed by atoms with Crippen LogP contribution in [-0.2, 0) is 0 Å². The second kappa shape index (κ2) is 15.6. The van der Waals surface area contributed by atoms with Crippen molar-refractivity contribution in [2.24, 2.45) is 0 Å². The number of hydrogen-bond donors (Lipinski definition) is 0. The molecule has 0 aromatic carbocycles. The SMILES string of the molecule is C/C=C/C.CCCCC. The van der Waals surface area contributed by atoms with E-state index >= 15 is 0 Å². The Morgan fingerprint density at radius 1 is 0.889 bits per heavy atom. The van der Waals surface area contributed by atoms with Gasteiger partial charge in [-0.3, -0.25) is 0 Å². The molecule has 0 aliphatic carbocycles. The molecule has 0 aromatic rings. The van der Waals surface area contributed by atoms with E-state index in [-0.39, 0.29) is 0 Å². The van der Waals surface area contributed by atoms with Gasteiger partial charge in [-0.2, -0.15) is 0 Å². The van der Waals surface area contributed by atoms with Crippen molar-refractivity contribution in [3.8, 4) is 0 Å². The van der Waals surface area contributed by atoms with Crippen LogP contribution in [-0.4, -0.2) is 0 Å². The first-order chi connectivity index (χ1) is 4.33. The summed E-state index contributed by atoms with van der Waals surface area (Å²) in [4.78, 5) is 0. The maximum atomic E-state index is 2.21. The highest BCUT2D eigenvalue weighted by atomic mass is 13.7. The third-order valence-corrected chi connectivity index (χ3v) is 1.04. The van der Waals surface area contributed by atoms with Gasteiger partial charge in [-0.25, -0.2) is 0 Å². The van der Waals surface area contributed by atoms with Crippen LogP contribution >= 0.6 is 0 Å². The van der Waals surface area contributed by atoms with Gasteiger partial charge in [0.25, 0.3) is 0 Å². The molecule has 0 fully saturated rings. The van der Waals surface area contributed by atoms with Crippen molar-refractivity contribution in [1.29, 1.82) is 0 Å². The van der Waals surface area contributed by atoms with E-state index in [4.69, 9.17) is 0 Å². The summed E-state index contributed by atoms with van der Waals surface area (Å²) in [6, 6.07) is 0. The highest BCUT2D eigenvalue weighted by Crippen LogP contribution is 1.88. The fourth-order valence-electron chi connectivity index (χ4n) is 0.354. The minimum absolute atomic E-state index is 1.34. The normalized spacial score (nSPS) is 8.89. The largest absolute Gasteiger partial charge is 0.0919 e. The molecule has 0 rings (SSSR count). The minimum atomic E-state index is 1.34. The monoisotopic (exact) mass is 128 g/mol. The Hall–Kier alpha value is -0.260. The topological polar surface area (TPSA) is 0 Å². The first-order valence-electron chi connectivity index (χ1n) is 3.90. The molecule has 0 aliphatic rings. The second-order valence-electron chi connectivity index (χ2n) is 2.02. The van der Waals surface area contributed by atoms with Crippen LogP contribution in [0.3, 0.4) is 0 Å². The molecular weight excluding hydrogens is 108 g/mol. The van der Waals surface area contributed by atoms with Crippen LogP contribution in [0, 0.1) is 0 Å². The fraction of sp³-hybridized carbons (Fsp3) is 0.778. The van der Waals surface area contributed by atoms with Crippen molar-refractivity contribution >= 4 is 0 Å². The molecule has 0 aliphatic heterocycles. The third-order valence-electron chi connectivity index (χ3n) is 1.04. The van der Waals surface area contributed by atoms with E-state index in [9.17, 15) is 0 Å². The lowest BCUT2D eigenvalue weighted by molar-refractivity contribution is 0.772. The van der Waals surface area contributed by atoms with Gasteiger partial charge in [0.1, 0.15) is 0 Å². The average molecular weight is 128 g/mol. The minimum Gasteiger partial charge on any atom is -0.0919 e. The summed E-state index contributed by atoms with van der Waals surface area (Å²) in [5.41, 5.74) is 0. The molecule has 0 N–H and O–H groups in total. The van der Waals surface area contributed by atoms with Crippen molar-refractivity contribution in [2.45, 2.75) is 47.0 Å². The lowest BCUT2D eigenvalue weighted by atomic mass is 10.3. The Kier molecular flexibility index (Phi) is 20.0. The van der Waals surface area contributed by atoms with E-state index in [1.54, 1.807) is 0 Å². The van der Waals surface area contributed by atoms with Crippen LogP contribution < -0.4 is 0 Å². The van der Waals surface area contributed by atoms with E-state index in [1.807, 2.05) is 26.0 Å². The Balaban J connectivity index is 0. The van der Waals surface area contributed by atoms with Gasteiger partial charge < -0.3 is 0 Å². The number of rotatable bonds is 2. The van der Waals surface area contributed by atoms with Gasteiger partial charge in [0, 0.05) is 0 Å². The smallest absolute Gasteiger partial charge is 0.0470 e. The summed E-state index contributed by atoms with van der Waals surface area (Å²) in [7, 11) is 0. The molecular formula is C9H20. The average Bonchev–Trinajstić information content (AvgIpc) is 1.91. The Labute approximate surface area is 60.0 Å². The Bertz CT molecular complexity index is 38.0. The number of allylic oxidation sites excluding steroid dienone is 2. The molecule has 0 bridgehead atoms. The third kappa shape index (κ3) is 34.0. The molecule has 56 valence electrons. The Morgan fingerprint density at radius 2 is 1.22 bits per heavy atom. The van der Waals surface area contributed by atoms with Gasteiger partial charge in [-0.05, 0) is 13.8 Å². The summed E-state index contributed by atoms with van der Waals surface area (Å²) in [6.07, 6.45) is 8.08. The van der Waals surface area contributed by atoms with Crippen LogP contribution in [0.2, 0.25) is 0 Å². The summed E-state index contributed by atoms with van der Waals surface area (Å²) >= 11 is 0. The highest BCUT2D eigenvalue weighted by molar-refractivity contribution is 4.68. The number of hydrogen-bond acceptors (Lipinski definition) is 0. The maximum absolute atomic E-state index is 2.21. The van der Waals surface area contributed by atoms with Gasteiger partial charge in [0.2, 0.25) is 0 Å². The first-order valence-corrected chi connectivity index (χ1v) is 3.90. The first kappa shape index (κ1) is 11.5. The summed E-state index contributed by atoms with van der Waals surface area (Å²) in [5.74, 6) is 0. The second-order valence-corrected chi connectivity index (χ2v) is 2.02. The molecule has 0 unspecified atom stereocenters. The summed E-state index contributed by atoms with van der Waals surface area (Å²) in [6.45, 7) is 8.42. The summed E-state index contributed by atoms with van der Waals surface area (Å²) < 4.78 is 0. The van der Waals surface area contributed by atoms with Crippen LogP contribution in [0.25, 0.3) is 0 Å². The zero-order valence-electron chi connectivity index (χ0n) is 7.28. The van der Waals surface area contributed by atoms with Crippen LogP contribution in [0.15, 0.2) is 12.2 Å². The quantitative estimate of drug-likeness (QED) is 0.496. The van der Waals surface area contributed by atoms with E-state index < -0.39 is 0 Å². The van der Waals surface area contributed by atoms with Gasteiger partial charge in [-0.1, -0.05) is 45.3 Å². The van der Waals surface area contributed by atoms with Gasteiger partial charge in [-0.15, -0.1) is 0 Å². The summed E-state index contributed by atoms with van der Waals surface area (Å²) in [5, 5.41) is 0. The standard InChI is InChI=1S/C5H12.C4H8/c1-3-5-4-2;1-3-4-2/h3-5H2,1-2H3;3-4H,1-2H3/b;4-3+. The maximum Gasteiger partial charge on any atom is -0.0470 e. The van der Waals surface area contributed by atoms with Crippen molar-refractivity contribution in [1.82, 2.24) is 0 Å². The molecule has 0 nitrogen and oxygen atoms in total. The van der Waals surface area contributed by atoms with E-state index in [0.29, 0.717) is 0 Å². The zero-order valence-corrected chi connectivity index (χ0v) is 7.28. The van der Waals surface area contributed by atoms with Gasteiger partial charge in [0.05, 0.1) is 0 Å². The lowest BCUT2D eigenvalue weighted by Gasteiger charge is -1.79. The molecule has 0 saturated carbocycles. The predicted octanol–water partition coefficient (Wildman–Crippen LogP) is 3.78. The molecule has 0 heteroatoms. The molecule has 0 spiro atoms. The van der Waals surface area contributed by atoms with E-state index in [1.165, 1.54) is 19.3 Å². The zero-order chi connectivity index (χ0) is 7.54.